The molecular weight excluding hydrogens is 268 g/mol. The number of aryl methyl sites for hydroxylation is 1. The molecule has 1 atom stereocenters. The van der Waals surface area contributed by atoms with Crippen LogP contribution in [0, 0.1) is 18.8 Å². The molecule has 1 heterocycles. The summed E-state index contributed by atoms with van der Waals surface area (Å²) in [5, 5.41) is 0.716. The molecule has 0 N–H and O–H groups in total. The van der Waals surface area contributed by atoms with E-state index in [1.165, 1.54) is 5.56 Å². The molecule has 0 aromatic heterocycles. The van der Waals surface area contributed by atoms with Crippen molar-refractivity contribution in [2.75, 3.05) is 0 Å². The van der Waals surface area contributed by atoms with E-state index >= 15 is 0 Å². The van der Waals surface area contributed by atoms with Crippen molar-refractivity contribution in [1.82, 2.24) is 0 Å². The third-order valence-corrected chi connectivity index (χ3v) is 3.32. The summed E-state index contributed by atoms with van der Waals surface area (Å²) in [6.07, 6.45) is 3.83. The second kappa shape index (κ2) is 5.45. The molecule has 3 rings (SSSR count). The summed E-state index contributed by atoms with van der Waals surface area (Å²) in [6.45, 7) is 2.07. The molecule has 0 saturated carbocycles. The van der Waals surface area contributed by atoms with Gasteiger partial charge in [0.2, 0.25) is 0 Å². The van der Waals surface area contributed by atoms with Crippen LogP contribution in [0.15, 0.2) is 48.5 Å². The average molecular weight is 281 g/mol. The molecule has 0 radical (unpaired) electrons. The Morgan fingerprint density at radius 2 is 1.90 bits per heavy atom. The van der Waals surface area contributed by atoms with Crippen LogP contribution < -0.4 is 4.74 Å². The van der Waals surface area contributed by atoms with Gasteiger partial charge in [-0.1, -0.05) is 35.2 Å². The zero-order valence-corrected chi connectivity index (χ0v) is 11.8. The quantitative estimate of drug-likeness (QED) is 0.647. The summed E-state index contributed by atoms with van der Waals surface area (Å²) in [5.41, 5.74) is 3.26. The molecule has 0 bridgehead atoms. The van der Waals surface area contributed by atoms with E-state index in [9.17, 15) is 0 Å². The highest BCUT2D eigenvalue weighted by Crippen LogP contribution is 2.26. The van der Waals surface area contributed by atoms with Crippen LogP contribution in [0.2, 0.25) is 5.02 Å². The minimum atomic E-state index is -0.208. The van der Waals surface area contributed by atoms with Gasteiger partial charge in [-0.2, -0.15) is 0 Å². The van der Waals surface area contributed by atoms with Crippen molar-refractivity contribution in [3.8, 4) is 17.6 Å². The Labute approximate surface area is 123 Å². The van der Waals surface area contributed by atoms with Gasteiger partial charge in [0.05, 0.1) is 0 Å². The Kier molecular flexibility index (Phi) is 3.50. The molecule has 2 heteroatoms. The lowest BCUT2D eigenvalue weighted by molar-refractivity contribution is 0.301. The predicted octanol–water partition coefficient (Wildman–Crippen LogP) is 4.47. The van der Waals surface area contributed by atoms with Gasteiger partial charge in [-0.3, -0.25) is 0 Å². The highest BCUT2D eigenvalue weighted by Gasteiger charge is 2.11. The molecule has 0 fully saturated rings. The molecule has 0 aliphatic carbocycles. The van der Waals surface area contributed by atoms with E-state index in [0.717, 1.165) is 16.9 Å². The summed E-state index contributed by atoms with van der Waals surface area (Å²) in [7, 11) is 0. The molecule has 1 unspecified atom stereocenters. The van der Waals surface area contributed by atoms with Crippen LogP contribution in [0.25, 0.3) is 6.08 Å². The largest absolute Gasteiger partial charge is 0.473 e. The molecule has 0 spiro atoms. The molecule has 1 aliphatic rings. The van der Waals surface area contributed by atoms with E-state index in [0.29, 0.717) is 5.02 Å². The summed E-state index contributed by atoms with van der Waals surface area (Å²) in [4.78, 5) is 0. The third-order valence-electron chi connectivity index (χ3n) is 3.07. The second-order valence-electron chi connectivity index (χ2n) is 4.72. The fraction of sp³-hybridized carbons (Fsp3) is 0.111. The van der Waals surface area contributed by atoms with Crippen molar-refractivity contribution in [3.05, 3.63) is 70.3 Å². The van der Waals surface area contributed by atoms with Crippen molar-refractivity contribution in [3.63, 3.8) is 0 Å². The summed E-state index contributed by atoms with van der Waals surface area (Å²) < 4.78 is 5.85. The summed E-state index contributed by atoms with van der Waals surface area (Å²) in [5.74, 6) is 7.09. The first-order valence-electron chi connectivity index (χ1n) is 6.43. The minimum absolute atomic E-state index is 0.208. The van der Waals surface area contributed by atoms with Crippen LogP contribution in [0.3, 0.4) is 0 Å². The predicted molar refractivity (Wildman–Crippen MR) is 83.0 cm³/mol. The van der Waals surface area contributed by atoms with E-state index in [1.54, 1.807) is 0 Å². The van der Waals surface area contributed by atoms with Crippen LogP contribution >= 0.6 is 11.6 Å². The number of ether oxygens (including phenoxy) is 1. The van der Waals surface area contributed by atoms with Gasteiger partial charge in [0.25, 0.3) is 0 Å². The minimum Gasteiger partial charge on any atom is -0.473 e. The van der Waals surface area contributed by atoms with Gasteiger partial charge in [-0.05, 0) is 55.3 Å². The molecule has 0 saturated heterocycles. The Balaban J connectivity index is 1.79. The number of fused-ring (bicyclic) bond motifs is 1. The normalized spacial score (nSPS) is 15.8. The zero-order chi connectivity index (χ0) is 13.9. The number of hydrogen-bond acceptors (Lipinski definition) is 1. The standard InChI is InChI=1S/C18H13ClO/c1-13-2-11-18-15(12-13)6-10-17(20-18)9-5-14-3-7-16(19)8-4-14/h2-4,6-8,10-12,17H,1H3. The van der Waals surface area contributed by atoms with Crippen LogP contribution in [-0.4, -0.2) is 6.10 Å². The summed E-state index contributed by atoms with van der Waals surface area (Å²) >= 11 is 5.85. The molecule has 0 amide bonds. The Morgan fingerprint density at radius 1 is 1.10 bits per heavy atom. The number of rotatable bonds is 0. The molecular formula is C18H13ClO. The van der Waals surface area contributed by atoms with Crippen LogP contribution in [0.4, 0.5) is 0 Å². The summed E-state index contributed by atoms with van der Waals surface area (Å²) in [6, 6.07) is 13.6. The first kappa shape index (κ1) is 12.8. The fourth-order valence-corrected chi connectivity index (χ4v) is 2.16. The van der Waals surface area contributed by atoms with Crippen molar-refractivity contribution in [2.45, 2.75) is 13.0 Å². The van der Waals surface area contributed by atoms with Crippen molar-refractivity contribution >= 4 is 17.7 Å². The molecule has 2 aromatic rings. The first-order valence-corrected chi connectivity index (χ1v) is 6.81. The first-order chi connectivity index (χ1) is 9.70. The number of hydrogen-bond donors (Lipinski definition) is 0. The Bertz CT molecular complexity index is 717. The zero-order valence-electron chi connectivity index (χ0n) is 11.1. The monoisotopic (exact) mass is 280 g/mol. The fourth-order valence-electron chi connectivity index (χ4n) is 2.04. The lowest BCUT2D eigenvalue weighted by Gasteiger charge is -2.17. The van der Waals surface area contributed by atoms with E-state index < -0.39 is 0 Å². The smallest absolute Gasteiger partial charge is 0.178 e. The van der Waals surface area contributed by atoms with Gasteiger partial charge in [0.15, 0.2) is 6.10 Å². The van der Waals surface area contributed by atoms with Gasteiger partial charge >= 0.3 is 0 Å². The van der Waals surface area contributed by atoms with Crippen molar-refractivity contribution in [1.29, 1.82) is 0 Å². The SMILES string of the molecule is Cc1ccc2c(c1)C=CC(C#Cc1ccc(Cl)cc1)O2. The van der Waals surface area contributed by atoms with Crippen LogP contribution in [0.5, 0.6) is 5.75 Å². The second-order valence-corrected chi connectivity index (χ2v) is 5.15. The molecule has 1 nitrogen and oxygen atoms in total. The Hall–Kier alpha value is -2.17. The van der Waals surface area contributed by atoms with Gasteiger partial charge in [0.1, 0.15) is 5.75 Å². The molecule has 2 aromatic carbocycles. The maximum absolute atomic E-state index is 5.85. The van der Waals surface area contributed by atoms with Gasteiger partial charge < -0.3 is 4.74 Å². The molecule has 98 valence electrons. The maximum Gasteiger partial charge on any atom is 0.178 e. The van der Waals surface area contributed by atoms with Crippen molar-refractivity contribution < 1.29 is 4.74 Å². The lowest BCUT2D eigenvalue weighted by atomic mass is 10.1. The van der Waals surface area contributed by atoms with Gasteiger partial charge in [-0.25, -0.2) is 0 Å². The molecule has 1 aliphatic heterocycles. The van der Waals surface area contributed by atoms with E-state index in [1.807, 2.05) is 42.5 Å². The Morgan fingerprint density at radius 3 is 2.70 bits per heavy atom. The third kappa shape index (κ3) is 2.87. The van der Waals surface area contributed by atoms with Crippen LogP contribution in [-0.2, 0) is 0 Å². The van der Waals surface area contributed by atoms with E-state index in [-0.39, 0.29) is 6.10 Å². The average Bonchev–Trinajstić information content (AvgIpc) is 2.46. The van der Waals surface area contributed by atoms with Crippen LogP contribution in [0.1, 0.15) is 16.7 Å². The highest BCUT2D eigenvalue weighted by molar-refractivity contribution is 6.30. The lowest BCUT2D eigenvalue weighted by Crippen LogP contribution is -2.14. The van der Waals surface area contributed by atoms with Gasteiger partial charge in [0, 0.05) is 16.1 Å². The van der Waals surface area contributed by atoms with E-state index in [2.05, 4.69) is 30.9 Å². The molecule has 20 heavy (non-hydrogen) atoms. The van der Waals surface area contributed by atoms with E-state index in [4.69, 9.17) is 16.3 Å². The van der Waals surface area contributed by atoms with Crippen molar-refractivity contribution in [2.24, 2.45) is 0 Å². The van der Waals surface area contributed by atoms with Gasteiger partial charge in [-0.15, -0.1) is 0 Å². The maximum atomic E-state index is 5.85. The number of halogens is 1. The highest BCUT2D eigenvalue weighted by atomic mass is 35.5. The topological polar surface area (TPSA) is 9.23 Å². The number of benzene rings is 2.